The molecule has 3 rings (SSSR count). The Morgan fingerprint density at radius 3 is 2.75 bits per heavy atom. The van der Waals surface area contributed by atoms with E-state index in [9.17, 15) is 4.79 Å². The van der Waals surface area contributed by atoms with Crippen molar-refractivity contribution in [2.24, 2.45) is 0 Å². The predicted molar refractivity (Wildman–Crippen MR) is 94.3 cm³/mol. The number of nitrogens with two attached hydrogens (primary N) is 1. The lowest BCUT2D eigenvalue weighted by molar-refractivity contribution is 0.102. The molecule has 0 fully saturated rings. The Morgan fingerprint density at radius 1 is 1.21 bits per heavy atom. The van der Waals surface area contributed by atoms with E-state index in [0.29, 0.717) is 0 Å². The van der Waals surface area contributed by atoms with Crippen LogP contribution in [-0.2, 0) is 6.42 Å². The highest BCUT2D eigenvalue weighted by Gasteiger charge is 2.19. The monoisotopic (exact) mass is 321 g/mol. The second-order valence-electron chi connectivity index (χ2n) is 5.54. The molecule has 0 radical (unpaired) electrons. The Labute approximate surface area is 140 Å². The van der Waals surface area contributed by atoms with Crippen molar-refractivity contribution in [3.05, 3.63) is 65.4 Å². The molecule has 3 N–H and O–H groups in total. The van der Waals surface area contributed by atoms with Gasteiger partial charge in [-0.2, -0.15) is 4.68 Å². The Hall–Kier alpha value is -3.15. The van der Waals surface area contributed by atoms with Crippen molar-refractivity contribution in [2.75, 3.05) is 11.1 Å². The number of nitrogens with zero attached hydrogens (tertiary/aromatic N) is 3. The van der Waals surface area contributed by atoms with Gasteiger partial charge in [0.1, 0.15) is 0 Å². The lowest BCUT2D eigenvalue weighted by atomic mass is 10.1. The maximum atomic E-state index is 12.5. The number of nitrogen functional groups attached to an aromatic ring is 1. The van der Waals surface area contributed by atoms with E-state index < -0.39 is 0 Å². The molecule has 1 aromatic heterocycles. The number of nitrogens with one attached hydrogen (secondary N) is 1. The number of aryl methyl sites for hydroxylation is 2. The zero-order valence-corrected chi connectivity index (χ0v) is 13.7. The molecule has 24 heavy (non-hydrogen) atoms. The summed E-state index contributed by atoms with van der Waals surface area (Å²) in [4.78, 5) is 12.5. The van der Waals surface area contributed by atoms with Crippen LogP contribution in [-0.4, -0.2) is 20.9 Å². The van der Waals surface area contributed by atoms with Gasteiger partial charge in [-0.15, -0.1) is 5.10 Å². The van der Waals surface area contributed by atoms with E-state index in [0.717, 1.165) is 28.9 Å². The number of carbonyl (C=O) groups excluding carboxylic acids is 1. The molecule has 0 aliphatic heterocycles. The van der Waals surface area contributed by atoms with Gasteiger partial charge in [0, 0.05) is 5.69 Å². The van der Waals surface area contributed by atoms with Gasteiger partial charge < -0.3 is 11.1 Å². The molecule has 1 amide bonds. The van der Waals surface area contributed by atoms with Crippen molar-refractivity contribution in [3.8, 4) is 5.69 Å². The van der Waals surface area contributed by atoms with Crippen molar-refractivity contribution in [1.29, 1.82) is 0 Å². The van der Waals surface area contributed by atoms with Crippen LogP contribution in [0.5, 0.6) is 0 Å². The molecular weight excluding hydrogens is 302 g/mol. The average Bonchev–Trinajstić information content (AvgIpc) is 2.97. The van der Waals surface area contributed by atoms with E-state index in [1.54, 1.807) is 0 Å². The number of hydrogen-bond donors (Lipinski definition) is 2. The standard InChI is InChI=1S/C18H19N5O/c1-3-13-8-4-5-10-15(13)20-18(24)16-17(19)23(22-21-16)14-9-6-7-12(2)11-14/h4-11H,3,19H2,1-2H3,(H,20,24). The first-order chi connectivity index (χ1) is 11.6. The molecule has 2 aromatic carbocycles. The maximum absolute atomic E-state index is 12.5. The van der Waals surface area contributed by atoms with Gasteiger partial charge in [0.2, 0.25) is 0 Å². The Bertz CT molecular complexity index is 885. The Balaban J connectivity index is 1.89. The summed E-state index contributed by atoms with van der Waals surface area (Å²) in [5, 5.41) is 10.8. The molecule has 0 aliphatic carbocycles. The fourth-order valence-electron chi connectivity index (χ4n) is 2.53. The highest BCUT2D eigenvalue weighted by Crippen LogP contribution is 2.19. The SMILES string of the molecule is CCc1ccccc1NC(=O)c1nnn(-c2cccc(C)c2)c1N. The molecule has 1 heterocycles. The summed E-state index contributed by atoms with van der Waals surface area (Å²) in [6, 6.07) is 15.3. The van der Waals surface area contributed by atoms with Gasteiger partial charge in [0.15, 0.2) is 11.5 Å². The molecule has 0 atom stereocenters. The molecule has 0 bridgehead atoms. The van der Waals surface area contributed by atoms with Gasteiger partial charge in [0.25, 0.3) is 5.91 Å². The summed E-state index contributed by atoms with van der Waals surface area (Å²) < 4.78 is 1.47. The topological polar surface area (TPSA) is 85.8 Å². The minimum atomic E-state index is -0.368. The number of carbonyl (C=O) groups is 1. The minimum absolute atomic E-state index is 0.113. The third-order valence-electron chi connectivity index (χ3n) is 3.81. The fourth-order valence-corrected chi connectivity index (χ4v) is 2.53. The highest BCUT2D eigenvalue weighted by molar-refractivity contribution is 6.06. The third-order valence-corrected chi connectivity index (χ3v) is 3.81. The number of benzene rings is 2. The van der Waals surface area contributed by atoms with E-state index in [-0.39, 0.29) is 17.4 Å². The van der Waals surface area contributed by atoms with E-state index in [4.69, 9.17) is 5.73 Å². The first-order valence-electron chi connectivity index (χ1n) is 7.77. The van der Waals surface area contributed by atoms with Gasteiger partial charge in [-0.25, -0.2) is 0 Å². The fraction of sp³-hybridized carbons (Fsp3) is 0.167. The number of rotatable bonds is 4. The summed E-state index contributed by atoms with van der Waals surface area (Å²) in [5.41, 5.74) is 9.86. The summed E-state index contributed by atoms with van der Waals surface area (Å²) in [7, 11) is 0. The van der Waals surface area contributed by atoms with E-state index in [1.807, 2.05) is 62.4 Å². The average molecular weight is 321 g/mol. The first-order valence-corrected chi connectivity index (χ1v) is 7.77. The molecule has 0 aliphatic rings. The second-order valence-corrected chi connectivity index (χ2v) is 5.54. The number of anilines is 2. The van der Waals surface area contributed by atoms with Crippen LogP contribution in [0.1, 0.15) is 28.5 Å². The van der Waals surface area contributed by atoms with Gasteiger partial charge in [-0.05, 0) is 42.7 Å². The van der Waals surface area contributed by atoms with Crippen LogP contribution in [0.3, 0.4) is 0 Å². The van der Waals surface area contributed by atoms with Gasteiger partial charge in [-0.3, -0.25) is 4.79 Å². The predicted octanol–water partition coefficient (Wildman–Crippen LogP) is 2.97. The summed E-state index contributed by atoms with van der Waals surface area (Å²) in [6.07, 6.45) is 0.821. The zero-order chi connectivity index (χ0) is 17.1. The van der Waals surface area contributed by atoms with Crippen LogP contribution in [0.2, 0.25) is 0 Å². The van der Waals surface area contributed by atoms with Crippen molar-refractivity contribution in [1.82, 2.24) is 15.0 Å². The van der Waals surface area contributed by atoms with Crippen LogP contribution in [0.25, 0.3) is 5.69 Å². The summed E-state index contributed by atoms with van der Waals surface area (Å²) >= 11 is 0. The third kappa shape index (κ3) is 2.99. The van der Waals surface area contributed by atoms with Crippen molar-refractivity contribution >= 4 is 17.4 Å². The molecule has 6 heteroatoms. The van der Waals surface area contributed by atoms with Gasteiger partial charge >= 0.3 is 0 Å². The molecule has 0 spiro atoms. The second kappa shape index (κ2) is 6.54. The van der Waals surface area contributed by atoms with Crippen LogP contribution in [0.4, 0.5) is 11.5 Å². The maximum Gasteiger partial charge on any atom is 0.280 e. The molecule has 0 saturated carbocycles. The molecule has 6 nitrogen and oxygen atoms in total. The van der Waals surface area contributed by atoms with Crippen molar-refractivity contribution < 1.29 is 4.79 Å². The molecule has 122 valence electrons. The minimum Gasteiger partial charge on any atom is -0.382 e. The molecular formula is C18H19N5O. The van der Waals surface area contributed by atoms with Crippen LogP contribution in [0.15, 0.2) is 48.5 Å². The number of amides is 1. The van der Waals surface area contributed by atoms with Crippen LogP contribution >= 0.6 is 0 Å². The van der Waals surface area contributed by atoms with E-state index in [2.05, 4.69) is 15.6 Å². The lowest BCUT2D eigenvalue weighted by Crippen LogP contribution is -2.16. The van der Waals surface area contributed by atoms with Crippen LogP contribution < -0.4 is 11.1 Å². The van der Waals surface area contributed by atoms with E-state index >= 15 is 0 Å². The largest absolute Gasteiger partial charge is 0.382 e. The lowest BCUT2D eigenvalue weighted by Gasteiger charge is -2.09. The van der Waals surface area contributed by atoms with Crippen molar-refractivity contribution in [3.63, 3.8) is 0 Å². The molecule has 0 unspecified atom stereocenters. The zero-order valence-electron chi connectivity index (χ0n) is 13.7. The smallest absolute Gasteiger partial charge is 0.280 e. The number of para-hydroxylation sites is 1. The molecule has 0 saturated heterocycles. The summed E-state index contributed by atoms with van der Waals surface area (Å²) in [6.45, 7) is 4.01. The normalized spacial score (nSPS) is 10.6. The van der Waals surface area contributed by atoms with E-state index in [1.165, 1.54) is 4.68 Å². The first kappa shape index (κ1) is 15.7. The molecule has 3 aromatic rings. The highest BCUT2D eigenvalue weighted by atomic mass is 16.2. The van der Waals surface area contributed by atoms with Gasteiger partial charge in [-0.1, -0.05) is 42.5 Å². The Kier molecular flexibility index (Phi) is 4.29. The van der Waals surface area contributed by atoms with Crippen molar-refractivity contribution in [2.45, 2.75) is 20.3 Å². The van der Waals surface area contributed by atoms with Gasteiger partial charge in [0.05, 0.1) is 5.69 Å². The number of hydrogen-bond acceptors (Lipinski definition) is 4. The quantitative estimate of drug-likeness (QED) is 0.773. The Morgan fingerprint density at radius 2 is 2.00 bits per heavy atom. The number of aromatic nitrogens is 3. The summed E-state index contributed by atoms with van der Waals surface area (Å²) in [5.74, 6) is -0.153. The van der Waals surface area contributed by atoms with Crippen LogP contribution in [0, 0.1) is 6.92 Å².